The van der Waals surface area contributed by atoms with Crippen molar-refractivity contribution in [2.45, 2.75) is 38.8 Å². The summed E-state index contributed by atoms with van der Waals surface area (Å²) in [4.78, 5) is 19.1. The van der Waals surface area contributed by atoms with Crippen LogP contribution in [0.2, 0.25) is 0 Å². The van der Waals surface area contributed by atoms with E-state index in [0.29, 0.717) is 0 Å². The minimum atomic E-state index is 0.162. The minimum Gasteiger partial charge on any atom is -0.369 e. The molecule has 0 spiro atoms. The second kappa shape index (κ2) is 10.5. The van der Waals surface area contributed by atoms with E-state index in [-0.39, 0.29) is 12.1 Å². The summed E-state index contributed by atoms with van der Waals surface area (Å²) in [5, 5.41) is 12.3. The van der Waals surface area contributed by atoms with Crippen LogP contribution in [0.4, 0.5) is 23.1 Å². The van der Waals surface area contributed by atoms with Crippen molar-refractivity contribution < 1.29 is 0 Å². The van der Waals surface area contributed by atoms with Gasteiger partial charge in [0.05, 0.1) is 6.20 Å². The highest BCUT2D eigenvalue weighted by Gasteiger charge is 2.22. The van der Waals surface area contributed by atoms with Gasteiger partial charge in [-0.05, 0) is 51.0 Å². The second-order valence-electron chi connectivity index (χ2n) is 10.5. The summed E-state index contributed by atoms with van der Waals surface area (Å²) >= 11 is 0. The number of piperidine rings is 1. The van der Waals surface area contributed by atoms with E-state index in [0.717, 1.165) is 97.4 Å². The standard InChI is InChI=1S/C28H36N10/c1-19(2)38-28-21(16-33-38)5-7-25(35-28)34-26-14-24(37-11-3-4-22(29)18-37)23(17-31-26)20-6-8-27(32-15-20)36-12-9-30-10-13-36/h5-8,14-17,19,22,30H,3-4,9-13,18,29H2,1-2H3,(H,31,34,35)/t22-/m0/s1. The molecule has 4 aromatic heterocycles. The van der Waals surface area contributed by atoms with Gasteiger partial charge in [0.15, 0.2) is 5.65 Å². The number of hydrogen-bond donors (Lipinski definition) is 3. The van der Waals surface area contributed by atoms with Gasteiger partial charge in [-0.25, -0.2) is 19.6 Å². The highest BCUT2D eigenvalue weighted by atomic mass is 15.3. The molecule has 10 nitrogen and oxygen atoms in total. The molecule has 1 atom stereocenters. The van der Waals surface area contributed by atoms with Crippen molar-refractivity contribution in [1.29, 1.82) is 0 Å². The number of pyridine rings is 3. The summed E-state index contributed by atoms with van der Waals surface area (Å²) in [6.45, 7) is 9.93. The quantitative estimate of drug-likeness (QED) is 0.357. The molecule has 0 bridgehead atoms. The number of rotatable bonds is 6. The number of nitrogens with two attached hydrogens (primary N) is 1. The molecule has 38 heavy (non-hydrogen) atoms. The molecule has 2 fully saturated rings. The number of fused-ring (bicyclic) bond motifs is 1. The topological polar surface area (TPSA) is 113 Å². The summed E-state index contributed by atoms with van der Waals surface area (Å²) in [5.41, 5.74) is 10.5. The number of piperazine rings is 1. The highest BCUT2D eigenvalue weighted by molar-refractivity contribution is 5.81. The fraction of sp³-hybridized carbons (Fsp3) is 0.429. The first kappa shape index (κ1) is 24.6. The first-order chi connectivity index (χ1) is 18.5. The molecule has 10 heteroatoms. The summed E-state index contributed by atoms with van der Waals surface area (Å²) in [6, 6.07) is 10.8. The molecule has 6 heterocycles. The molecule has 0 amide bonds. The van der Waals surface area contributed by atoms with Crippen LogP contribution in [0.25, 0.3) is 22.2 Å². The third-order valence-electron chi connectivity index (χ3n) is 7.37. The Morgan fingerprint density at radius 2 is 1.84 bits per heavy atom. The Bertz CT molecular complexity index is 1390. The second-order valence-corrected chi connectivity index (χ2v) is 10.5. The molecule has 0 unspecified atom stereocenters. The zero-order chi connectivity index (χ0) is 26.1. The molecule has 198 valence electrons. The van der Waals surface area contributed by atoms with Crippen molar-refractivity contribution in [3.8, 4) is 11.1 Å². The molecule has 0 aliphatic carbocycles. The molecule has 0 radical (unpaired) electrons. The lowest BCUT2D eigenvalue weighted by molar-refractivity contribution is 0.506. The van der Waals surface area contributed by atoms with Gasteiger partial charge in [0.2, 0.25) is 0 Å². The molecule has 2 aliphatic rings. The Kier molecular flexibility index (Phi) is 6.82. The lowest BCUT2D eigenvalue weighted by Crippen LogP contribution is -2.43. The van der Waals surface area contributed by atoms with E-state index in [1.807, 2.05) is 35.4 Å². The highest BCUT2D eigenvalue weighted by Crippen LogP contribution is 2.35. The molecule has 6 rings (SSSR count). The fourth-order valence-corrected chi connectivity index (χ4v) is 5.35. The van der Waals surface area contributed by atoms with Gasteiger partial charge >= 0.3 is 0 Å². The first-order valence-electron chi connectivity index (χ1n) is 13.6. The average Bonchev–Trinajstić information content (AvgIpc) is 3.37. The monoisotopic (exact) mass is 512 g/mol. The van der Waals surface area contributed by atoms with Gasteiger partial charge in [-0.2, -0.15) is 5.10 Å². The van der Waals surface area contributed by atoms with Gasteiger partial charge in [-0.1, -0.05) is 0 Å². The van der Waals surface area contributed by atoms with Gasteiger partial charge in [0.1, 0.15) is 17.5 Å². The fourth-order valence-electron chi connectivity index (χ4n) is 5.35. The Hall–Kier alpha value is -3.76. The summed E-state index contributed by atoms with van der Waals surface area (Å²) < 4.78 is 1.94. The first-order valence-corrected chi connectivity index (χ1v) is 13.6. The zero-order valence-corrected chi connectivity index (χ0v) is 22.1. The lowest BCUT2D eigenvalue weighted by atomic mass is 10.0. The Morgan fingerprint density at radius 3 is 2.61 bits per heavy atom. The molecule has 4 aromatic rings. The Balaban J connectivity index is 1.32. The zero-order valence-electron chi connectivity index (χ0n) is 22.1. The van der Waals surface area contributed by atoms with Crippen LogP contribution in [0, 0.1) is 0 Å². The number of nitrogens with one attached hydrogen (secondary N) is 2. The molecule has 0 saturated carbocycles. The smallest absolute Gasteiger partial charge is 0.160 e. The summed E-state index contributed by atoms with van der Waals surface area (Å²) in [7, 11) is 0. The summed E-state index contributed by atoms with van der Waals surface area (Å²) in [5.74, 6) is 2.50. The van der Waals surface area contributed by atoms with Gasteiger partial charge in [-0.15, -0.1) is 0 Å². The van der Waals surface area contributed by atoms with Gasteiger partial charge in [-0.3, -0.25) is 0 Å². The van der Waals surface area contributed by atoms with Crippen LogP contribution < -0.4 is 26.2 Å². The number of anilines is 4. The van der Waals surface area contributed by atoms with Crippen LogP contribution in [0.3, 0.4) is 0 Å². The van der Waals surface area contributed by atoms with E-state index in [2.05, 4.69) is 57.6 Å². The lowest BCUT2D eigenvalue weighted by Gasteiger charge is -2.34. The van der Waals surface area contributed by atoms with Gasteiger partial charge < -0.3 is 26.2 Å². The van der Waals surface area contributed by atoms with E-state index < -0.39 is 0 Å². The van der Waals surface area contributed by atoms with Crippen molar-refractivity contribution in [2.24, 2.45) is 5.73 Å². The van der Waals surface area contributed by atoms with Crippen molar-refractivity contribution in [2.75, 3.05) is 54.4 Å². The van der Waals surface area contributed by atoms with E-state index in [1.54, 1.807) is 0 Å². The van der Waals surface area contributed by atoms with Crippen molar-refractivity contribution in [3.05, 3.63) is 48.9 Å². The minimum absolute atomic E-state index is 0.162. The molecule has 4 N–H and O–H groups in total. The van der Waals surface area contributed by atoms with Crippen LogP contribution in [-0.2, 0) is 0 Å². The number of aromatic nitrogens is 5. The predicted octanol–water partition coefficient (Wildman–Crippen LogP) is 3.55. The maximum Gasteiger partial charge on any atom is 0.160 e. The van der Waals surface area contributed by atoms with E-state index in [1.165, 1.54) is 0 Å². The largest absolute Gasteiger partial charge is 0.369 e. The normalized spacial score (nSPS) is 18.4. The SMILES string of the molecule is CC(C)n1ncc2ccc(Nc3cc(N4CCC[C@H](N)C4)c(-c4ccc(N5CCNCC5)nc4)cn3)nc21. The third-order valence-corrected chi connectivity index (χ3v) is 7.37. The van der Waals surface area contributed by atoms with Crippen molar-refractivity contribution in [3.63, 3.8) is 0 Å². The van der Waals surface area contributed by atoms with E-state index in [4.69, 9.17) is 20.7 Å². The van der Waals surface area contributed by atoms with Crippen LogP contribution in [0.15, 0.2) is 48.9 Å². The molecular weight excluding hydrogens is 476 g/mol. The number of hydrogen-bond acceptors (Lipinski definition) is 9. The van der Waals surface area contributed by atoms with Crippen molar-refractivity contribution in [1.82, 2.24) is 30.0 Å². The Morgan fingerprint density at radius 1 is 0.974 bits per heavy atom. The molecule has 2 saturated heterocycles. The Labute approximate surface area is 223 Å². The van der Waals surface area contributed by atoms with Crippen LogP contribution in [-0.4, -0.2) is 70.0 Å². The maximum atomic E-state index is 6.38. The molecular formula is C28H36N10. The van der Waals surface area contributed by atoms with Crippen molar-refractivity contribution >= 4 is 34.2 Å². The van der Waals surface area contributed by atoms with E-state index >= 15 is 0 Å². The van der Waals surface area contributed by atoms with Crippen LogP contribution in [0.1, 0.15) is 32.7 Å². The third kappa shape index (κ3) is 5.01. The number of nitrogens with zero attached hydrogens (tertiary/aromatic N) is 7. The van der Waals surface area contributed by atoms with Crippen LogP contribution >= 0.6 is 0 Å². The van der Waals surface area contributed by atoms with Crippen LogP contribution in [0.5, 0.6) is 0 Å². The van der Waals surface area contributed by atoms with Gasteiger partial charge in [0, 0.05) is 92.0 Å². The maximum absolute atomic E-state index is 6.38. The summed E-state index contributed by atoms with van der Waals surface area (Å²) in [6.07, 6.45) is 7.89. The predicted molar refractivity (Wildman–Crippen MR) is 153 cm³/mol. The van der Waals surface area contributed by atoms with Gasteiger partial charge in [0.25, 0.3) is 0 Å². The molecule has 2 aliphatic heterocycles. The molecule has 0 aromatic carbocycles. The average molecular weight is 513 g/mol. The van der Waals surface area contributed by atoms with E-state index in [9.17, 15) is 0 Å².